The minimum atomic E-state index is 1.25. The SMILES string of the molecule is CC.CC.CC.CC.Cc1ccc(-c2ccc(-c3ccc(-c4ccc(C)cc4)cc3)cc2)cc1.Cc1ccc(-c2ccc(-c3ccc(C)cc3)cc2)cc1. The van der Waals surface area contributed by atoms with E-state index in [1.54, 1.807) is 0 Å². The van der Waals surface area contributed by atoms with Crippen molar-refractivity contribution >= 4 is 0 Å². The van der Waals surface area contributed by atoms with Gasteiger partial charge in [0.2, 0.25) is 0 Å². The molecule has 0 unspecified atom stereocenters. The third kappa shape index (κ3) is 13.5. The lowest BCUT2D eigenvalue weighted by Gasteiger charge is -2.07. The van der Waals surface area contributed by atoms with Crippen molar-refractivity contribution in [2.24, 2.45) is 0 Å². The molecule has 0 fully saturated rings. The molecule has 0 radical (unpaired) electrons. The van der Waals surface area contributed by atoms with E-state index in [0.29, 0.717) is 0 Å². The molecular weight excluding hydrogens is 649 g/mol. The summed E-state index contributed by atoms with van der Waals surface area (Å²) in [5, 5.41) is 0. The van der Waals surface area contributed by atoms with E-state index in [0.717, 1.165) is 0 Å². The topological polar surface area (TPSA) is 0 Å². The predicted molar refractivity (Wildman–Crippen MR) is 244 cm³/mol. The summed E-state index contributed by atoms with van der Waals surface area (Å²) in [6, 6.07) is 61.1. The van der Waals surface area contributed by atoms with Crippen LogP contribution in [0.25, 0.3) is 55.6 Å². The number of hydrogen-bond donors (Lipinski definition) is 0. The smallest absolute Gasteiger partial charge is 0.0184 e. The normalized spacial score (nSPS) is 9.48. The van der Waals surface area contributed by atoms with Crippen LogP contribution in [-0.2, 0) is 0 Å². The van der Waals surface area contributed by atoms with Gasteiger partial charge in [-0.2, -0.15) is 0 Å². The van der Waals surface area contributed by atoms with Gasteiger partial charge in [0.1, 0.15) is 0 Å². The monoisotopic (exact) mass is 713 g/mol. The molecule has 0 spiro atoms. The molecule has 7 aromatic carbocycles. The van der Waals surface area contributed by atoms with Gasteiger partial charge in [0.15, 0.2) is 0 Å². The van der Waals surface area contributed by atoms with E-state index >= 15 is 0 Å². The summed E-state index contributed by atoms with van der Waals surface area (Å²) < 4.78 is 0. The molecule has 7 rings (SSSR count). The van der Waals surface area contributed by atoms with Crippen molar-refractivity contribution in [2.75, 3.05) is 0 Å². The van der Waals surface area contributed by atoms with E-state index in [-0.39, 0.29) is 0 Å². The molecule has 0 N–H and O–H groups in total. The summed E-state index contributed by atoms with van der Waals surface area (Å²) in [6.45, 7) is 24.5. The molecule has 7 aromatic rings. The van der Waals surface area contributed by atoms with Crippen molar-refractivity contribution < 1.29 is 0 Å². The lowest BCUT2D eigenvalue weighted by Crippen LogP contribution is -1.82. The van der Waals surface area contributed by atoms with Crippen LogP contribution in [0.5, 0.6) is 0 Å². The first-order valence-electron chi connectivity index (χ1n) is 20.0. The molecule has 0 nitrogen and oxygen atoms in total. The molecule has 0 amide bonds. The maximum atomic E-state index is 2.20. The van der Waals surface area contributed by atoms with Gasteiger partial charge in [0.05, 0.1) is 0 Å². The summed E-state index contributed by atoms with van der Waals surface area (Å²) >= 11 is 0. The van der Waals surface area contributed by atoms with Gasteiger partial charge >= 0.3 is 0 Å². The van der Waals surface area contributed by atoms with Crippen molar-refractivity contribution in [1.29, 1.82) is 0 Å². The standard InChI is InChI=1S/C26H22.C20H18.4C2H6/c1-19-3-7-21(8-4-19)23-11-15-25(16-12-23)26-17-13-24(14-18-26)22-9-5-20(2)6-10-22;1-15-3-7-17(8-4-15)19-11-13-20(14-12-19)18-9-5-16(2)6-10-18;4*1-2/h3-18H,1-2H3;3-14H,1-2H3;4*1-2H3. The van der Waals surface area contributed by atoms with Gasteiger partial charge in [-0.05, 0) is 83.3 Å². The van der Waals surface area contributed by atoms with Gasteiger partial charge in [-0.1, -0.05) is 248 Å². The van der Waals surface area contributed by atoms with Crippen molar-refractivity contribution in [2.45, 2.75) is 83.1 Å². The first-order valence-corrected chi connectivity index (χ1v) is 20.0. The Morgan fingerprint density at radius 2 is 0.222 bits per heavy atom. The van der Waals surface area contributed by atoms with Gasteiger partial charge < -0.3 is 0 Å². The maximum Gasteiger partial charge on any atom is -0.0184 e. The van der Waals surface area contributed by atoms with Crippen molar-refractivity contribution in [1.82, 2.24) is 0 Å². The molecule has 0 aliphatic carbocycles. The van der Waals surface area contributed by atoms with Crippen molar-refractivity contribution in [3.63, 3.8) is 0 Å². The Hall–Kier alpha value is -5.46. The van der Waals surface area contributed by atoms with Gasteiger partial charge in [-0.25, -0.2) is 0 Å². The molecule has 0 heterocycles. The quantitative estimate of drug-likeness (QED) is 0.167. The van der Waals surface area contributed by atoms with Gasteiger partial charge in [0.25, 0.3) is 0 Å². The minimum absolute atomic E-state index is 1.25. The van der Waals surface area contributed by atoms with Crippen molar-refractivity contribution in [3.05, 3.63) is 192 Å². The third-order valence-electron chi connectivity index (χ3n) is 8.53. The summed E-state index contributed by atoms with van der Waals surface area (Å²) in [7, 11) is 0. The van der Waals surface area contributed by atoms with Crippen LogP contribution in [0.2, 0.25) is 0 Å². The Morgan fingerprint density at radius 3 is 0.315 bits per heavy atom. The third-order valence-corrected chi connectivity index (χ3v) is 8.53. The Balaban J connectivity index is 0.000000323. The number of benzene rings is 7. The fourth-order valence-electron chi connectivity index (χ4n) is 5.55. The molecule has 0 aromatic heterocycles. The largest absolute Gasteiger partial charge is 0.0683 e. The first-order chi connectivity index (χ1) is 26.4. The zero-order valence-corrected chi connectivity index (χ0v) is 35.2. The second kappa shape index (κ2) is 24.7. The van der Waals surface area contributed by atoms with Gasteiger partial charge in [-0.3, -0.25) is 0 Å². The number of hydrogen-bond acceptors (Lipinski definition) is 0. The molecule has 54 heavy (non-hydrogen) atoms. The van der Waals surface area contributed by atoms with Crippen LogP contribution in [0.3, 0.4) is 0 Å². The summed E-state index contributed by atoms with van der Waals surface area (Å²) in [5.74, 6) is 0. The molecule has 0 bridgehead atoms. The summed E-state index contributed by atoms with van der Waals surface area (Å²) in [6.07, 6.45) is 0. The Bertz CT molecular complexity index is 1820. The molecule has 0 saturated heterocycles. The zero-order valence-electron chi connectivity index (χ0n) is 35.2. The fourth-order valence-corrected chi connectivity index (χ4v) is 5.55. The lowest BCUT2D eigenvalue weighted by molar-refractivity contribution is 1.46. The molecule has 0 heteroatoms. The highest BCUT2D eigenvalue weighted by Gasteiger charge is 2.03. The van der Waals surface area contributed by atoms with Gasteiger partial charge in [-0.15, -0.1) is 0 Å². The predicted octanol–water partition coefficient (Wildman–Crippen LogP) is 17.0. The van der Waals surface area contributed by atoms with Crippen LogP contribution in [0, 0.1) is 27.7 Å². The van der Waals surface area contributed by atoms with Crippen LogP contribution in [0.15, 0.2) is 170 Å². The molecule has 0 saturated carbocycles. The molecule has 280 valence electrons. The number of aryl methyl sites for hydroxylation is 4. The van der Waals surface area contributed by atoms with Crippen LogP contribution < -0.4 is 0 Å². The zero-order chi connectivity index (χ0) is 39.9. The van der Waals surface area contributed by atoms with E-state index in [9.17, 15) is 0 Å². The molecule has 0 aliphatic rings. The fraction of sp³-hybridized carbons (Fsp3) is 0.222. The highest BCUT2D eigenvalue weighted by atomic mass is 14.1. The van der Waals surface area contributed by atoms with Crippen molar-refractivity contribution in [3.8, 4) is 55.6 Å². The molecule has 0 atom stereocenters. The lowest BCUT2D eigenvalue weighted by atomic mass is 9.97. The van der Waals surface area contributed by atoms with Crippen LogP contribution in [0.1, 0.15) is 77.6 Å². The Kier molecular flexibility index (Phi) is 20.5. The van der Waals surface area contributed by atoms with E-state index in [1.807, 2.05) is 55.4 Å². The Labute approximate surface area is 329 Å². The summed E-state index contributed by atoms with van der Waals surface area (Å²) in [4.78, 5) is 0. The maximum absolute atomic E-state index is 2.20. The van der Waals surface area contributed by atoms with Crippen LogP contribution in [0.4, 0.5) is 0 Å². The second-order valence-corrected chi connectivity index (χ2v) is 12.2. The van der Waals surface area contributed by atoms with Crippen LogP contribution in [-0.4, -0.2) is 0 Å². The van der Waals surface area contributed by atoms with Gasteiger partial charge in [0, 0.05) is 0 Å². The van der Waals surface area contributed by atoms with E-state index in [2.05, 4.69) is 198 Å². The minimum Gasteiger partial charge on any atom is -0.0683 e. The second-order valence-electron chi connectivity index (χ2n) is 12.2. The summed E-state index contributed by atoms with van der Waals surface area (Å²) in [5.41, 5.74) is 17.8. The van der Waals surface area contributed by atoms with E-state index in [1.165, 1.54) is 77.9 Å². The van der Waals surface area contributed by atoms with E-state index < -0.39 is 0 Å². The average molecular weight is 713 g/mol. The number of rotatable bonds is 5. The molecular formula is C54H64. The van der Waals surface area contributed by atoms with Crippen LogP contribution >= 0.6 is 0 Å². The molecule has 0 aliphatic heterocycles. The highest BCUT2D eigenvalue weighted by Crippen LogP contribution is 2.28. The van der Waals surface area contributed by atoms with E-state index in [4.69, 9.17) is 0 Å². The average Bonchev–Trinajstić information content (AvgIpc) is 3.25. The first kappa shape index (κ1) is 44.7. The Morgan fingerprint density at radius 1 is 0.148 bits per heavy atom. The highest BCUT2D eigenvalue weighted by molar-refractivity contribution is 5.74.